The molecule has 0 amide bonds. The lowest BCUT2D eigenvalue weighted by Gasteiger charge is -2.31. The molecule has 0 atom stereocenters. The average Bonchev–Trinajstić information content (AvgIpc) is 2.32. The predicted molar refractivity (Wildman–Crippen MR) is 73.7 cm³/mol. The number of aryl methyl sites for hydroxylation is 1. The van der Waals surface area contributed by atoms with Gasteiger partial charge in [0.1, 0.15) is 0 Å². The zero-order valence-electron chi connectivity index (χ0n) is 10.6. The monoisotopic (exact) mass is 242 g/mol. The number of rotatable bonds is 3. The molecule has 3 rings (SSSR count). The van der Waals surface area contributed by atoms with Gasteiger partial charge in [-0.2, -0.15) is 0 Å². The number of aliphatic hydroxyl groups excluding tert-OH is 1. The van der Waals surface area contributed by atoms with Crippen LogP contribution < -0.4 is 5.32 Å². The normalized spacial score (nSPS) is 22.8. The number of nitrogens with one attached hydrogen (secondary N) is 1. The quantitative estimate of drug-likeness (QED) is 0.870. The van der Waals surface area contributed by atoms with E-state index in [4.69, 9.17) is 0 Å². The first-order valence-electron chi connectivity index (χ1n) is 6.50. The number of aromatic nitrogens is 1. The van der Waals surface area contributed by atoms with Gasteiger partial charge in [-0.3, -0.25) is 4.98 Å². The maximum Gasteiger partial charge on any atom is 0.0725 e. The Labute approximate surface area is 107 Å². The summed E-state index contributed by atoms with van der Waals surface area (Å²) >= 11 is 0. The number of benzene rings is 1. The van der Waals surface area contributed by atoms with E-state index in [1.807, 2.05) is 25.1 Å². The average molecular weight is 242 g/mol. The fourth-order valence-corrected chi connectivity index (χ4v) is 2.58. The summed E-state index contributed by atoms with van der Waals surface area (Å²) in [6, 6.07) is 10.3. The van der Waals surface area contributed by atoms with E-state index >= 15 is 0 Å². The van der Waals surface area contributed by atoms with E-state index in [-0.39, 0.29) is 6.10 Å². The summed E-state index contributed by atoms with van der Waals surface area (Å²) in [6.07, 6.45) is 1.78. The highest BCUT2D eigenvalue weighted by molar-refractivity contribution is 5.91. The van der Waals surface area contributed by atoms with Crippen molar-refractivity contribution in [2.45, 2.75) is 25.9 Å². The van der Waals surface area contributed by atoms with Crippen LogP contribution in [0.2, 0.25) is 0 Å². The molecular weight excluding hydrogens is 224 g/mol. The van der Waals surface area contributed by atoms with Crippen LogP contribution >= 0.6 is 0 Å². The van der Waals surface area contributed by atoms with Crippen molar-refractivity contribution in [3.05, 3.63) is 36.0 Å². The Morgan fingerprint density at radius 3 is 2.89 bits per heavy atom. The van der Waals surface area contributed by atoms with Crippen molar-refractivity contribution in [2.24, 2.45) is 5.92 Å². The standard InChI is InChI=1S/C15H18N2O/c1-10-6-15(16-9-11-7-12(18)8-11)13-4-2-3-5-14(13)17-10/h2-6,11-12,18H,7-9H2,1H3,(H,16,17). The number of fused-ring (bicyclic) bond motifs is 1. The van der Waals surface area contributed by atoms with Gasteiger partial charge in [0, 0.05) is 23.3 Å². The van der Waals surface area contributed by atoms with Gasteiger partial charge in [0.25, 0.3) is 0 Å². The van der Waals surface area contributed by atoms with E-state index in [2.05, 4.69) is 22.4 Å². The van der Waals surface area contributed by atoms with Crippen molar-refractivity contribution in [2.75, 3.05) is 11.9 Å². The van der Waals surface area contributed by atoms with Gasteiger partial charge in [-0.25, -0.2) is 0 Å². The summed E-state index contributed by atoms with van der Waals surface area (Å²) in [5.74, 6) is 0.604. The van der Waals surface area contributed by atoms with Crippen LogP contribution in [0.1, 0.15) is 18.5 Å². The number of nitrogens with zero attached hydrogens (tertiary/aromatic N) is 1. The zero-order valence-corrected chi connectivity index (χ0v) is 10.6. The minimum atomic E-state index is -0.0762. The van der Waals surface area contributed by atoms with Gasteiger partial charge in [-0.05, 0) is 37.8 Å². The number of anilines is 1. The minimum absolute atomic E-state index is 0.0762. The van der Waals surface area contributed by atoms with Crippen LogP contribution in [0, 0.1) is 12.8 Å². The Morgan fingerprint density at radius 2 is 2.11 bits per heavy atom. The molecule has 1 heterocycles. The first-order valence-corrected chi connectivity index (χ1v) is 6.50. The summed E-state index contributed by atoms with van der Waals surface area (Å²) in [5, 5.41) is 14.0. The maximum atomic E-state index is 9.29. The summed E-state index contributed by atoms with van der Waals surface area (Å²) in [5.41, 5.74) is 3.22. The smallest absolute Gasteiger partial charge is 0.0725 e. The molecule has 1 aromatic heterocycles. The lowest BCUT2D eigenvalue weighted by Crippen LogP contribution is -2.33. The number of hydrogen-bond acceptors (Lipinski definition) is 3. The van der Waals surface area contributed by atoms with Crippen LogP contribution in [0.5, 0.6) is 0 Å². The van der Waals surface area contributed by atoms with Crippen LogP contribution in [0.15, 0.2) is 30.3 Å². The Hall–Kier alpha value is -1.61. The second kappa shape index (κ2) is 4.58. The number of hydrogen-bond donors (Lipinski definition) is 2. The second-order valence-electron chi connectivity index (χ2n) is 5.20. The van der Waals surface area contributed by atoms with Crippen molar-refractivity contribution >= 4 is 16.6 Å². The molecule has 1 saturated carbocycles. The fourth-order valence-electron chi connectivity index (χ4n) is 2.58. The van der Waals surface area contributed by atoms with E-state index in [1.165, 1.54) is 5.39 Å². The lowest BCUT2D eigenvalue weighted by molar-refractivity contribution is 0.0487. The zero-order chi connectivity index (χ0) is 12.5. The van der Waals surface area contributed by atoms with Crippen molar-refractivity contribution in [3.63, 3.8) is 0 Å². The van der Waals surface area contributed by atoms with Gasteiger partial charge in [0.2, 0.25) is 0 Å². The Balaban J connectivity index is 1.82. The topological polar surface area (TPSA) is 45.1 Å². The van der Waals surface area contributed by atoms with Crippen LogP contribution in [-0.2, 0) is 0 Å². The van der Waals surface area contributed by atoms with Crippen molar-refractivity contribution < 1.29 is 5.11 Å². The maximum absolute atomic E-state index is 9.29. The van der Waals surface area contributed by atoms with E-state index in [0.717, 1.165) is 36.3 Å². The molecule has 0 spiro atoms. The third kappa shape index (κ3) is 2.18. The fraction of sp³-hybridized carbons (Fsp3) is 0.400. The molecule has 2 N–H and O–H groups in total. The molecule has 1 aromatic carbocycles. The Bertz CT molecular complexity index is 561. The van der Waals surface area contributed by atoms with Gasteiger partial charge < -0.3 is 10.4 Å². The summed E-state index contributed by atoms with van der Waals surface area (Å²) in [6.45, 7) is 2.95. The number of pyridine rings is 1. The highest BCUT2D eigenvalue weighted by Crippen LogP contribution is 2.29. The van der Waals surface area contributed by atoms with E-state index in [0.29, 0.717) is 5.92 Å². The molecule has 0 bridgehead atoms. The first kappa shape index (κ1) is 11.5. The molecule has 2 aromatic rings. The molecule has 1 fully saturated rings. The third-order valence-electron chi connectivity index (χ3n) is 3.64. The molecule has 1 aliphatic carbocycles. The van der Waals surface area contributed by atoms with Crippen molar-refractivity contribution in [3.8, 4) is 0 Å². The number of para-hydroxylation sites is 1. The SMILES string of the molecule is Cc1cc(NCC2CC(O)C2)c2ccccc2n1. The first-order chi connectivity index (χ1) is 8.72. The Morgan fingerprint density at radius 1 is 1.33 bits per heavy atom. The molecule has 94 valence electrons. The van der Waals surface area contributed by atoms with E-state index in [9.17, 15) is 5.11 Å². The largest absolute Gasteiger partial charge is 0.393 e. The molecule has 0 radical (unpaired) electrons. The molecular formula is C15H18N2O. The van der Waals surface area contributed by atoms with Gasteiger partial charge in [0.05, 0.1) is 11.6 Å². The second-order valence-corrected chi connectivity index (χ2v) is 5.20. The highest BCUT2D eigenvalue weighted by Gasteiger charge is 2.26. The summed E-state index contributed by atoms with van der Waals surface area (Å²) in [4.78, 5) is 4.53. The highest BCUT2D eigenvalue weighted by atomic mass is 16.3. The van der Waals surface area contributed by atoms with Crippen LogP contribution in [0.3, 0.4) is 0 Å². The lowest BCUT2D eigenvalue weighted by atomic mass is 9.82. The van der Waals surface area contributed by atoms with Gasteiger partial charge in [0.15, 0.2) is 0 Å². The summed E-state index contributed by atoms with van der Waals surface area (Å²) < 4.78 is 0. The summed E-state index contributed by atoms with van der Waals surface area (Å²) in [7, 11) is 0. The molecule has 3 nitrogen and oxygen atoms in total. The third-order valence-corrected chi connectivity index (χ3v) is 3.64. The Kier molecular flexibility index (Phi) is 2.92. The minimum Gasteiger partial charge on any atom is -0.393 e. The van der Waals surface area contributed by atoms with Crippen molar-refractivity contribution in [1.82, 2.24) is 4.98 Å². The predicted octanol–water partition coefficient (Wildman–Crippen LogP) is 2.73. The number of aliphatic hydroxyl groups is 1. The van der Waals surface area contributed by atoms with Crippen LogP contribution in [-0.4, -0.2) is 22.7 Å². The van der Waals surface area contributed by atoms with Gasteiger partial charge >= 0.3 is 0 Å². The van der Waals surface area contributed by atoms with E-state index < -0.39 is 0 Å². The van der Waals surface area contributed by atoms with E-state index in [1.54, 1.807) is 0 Å². The van der Waals surface area contributed by atoms with Gasteiger partial charge in [-0.1, -0.05) is 18.2 Å². The molecule has 1 aliphatic rings. The molecule has 18 heavy (non-hydrogen) atoms. The van der Waals surface area contributed by atoms with Crippen molar-refractivity contribution in [1.29, 1.82) is 0 Å². The van der Waals surface area contributed by atoms with Crippen LogP contribution in [0.25, 0.3) is 10.9 Å². The van der Waals surface area contributed by atoms with Crippen LogP contribution in [0.4, 0.5) is 5.69 Å². The molecule has 0 aliphatic heterocycles. The molecule has 3 heteroatoms. The molecule has 0 unspecified atom stereocenters. The molecule has 0 saturated heterocycles. The van der Waals surface area contributed by atoms with Gasteiger partial charge in [-0.15, -0.1) is 0 Å².